The molecule has 2 fully saturated rings. The molecule has 0 amide bonds. The third-order valence-corrected chi connectivity index (χ3v) is 4.58. The first-order chi connectivity index (χ1) is 9.12. The molecule has 0 saturated carbocycles. The van der Waals surface area contributed by atoms with Crippen LogP contribution in [0.25, 0.3) is 6.08 Å². The number of hydrogen-bond acceptors (Lipinski definition) is 3. The van der Waals surface area contributed by atoms with Gasteiger partial charge in [-0.1, -0.05) is 30.9 Å². The number of fused-ring (bicyclic) bond motifs is 2. The Morgan fingerprint density at radius 1 is 1.37 bits per heavy atom. The first kappa shape index (κ1) is 12.9. The zero-order valence-corrected chi connectivity index (χ0v) is 11.4. The average molecular weight is 259 g/mol. The molecule has 2 heterocycles. The highest BCUT2D eigenvalue weighted by Gasteiger charge is 2.45. The van der Waals surface area contributed by atoms with Gasteiger partial charge in [0, 0.05) is 12.1 Å². The highest BCUT2D eigenvalue weighted by Crippen LogP contribution is 2.40. The predicted molar refractivity (Wildman–Crippen MR) is 75.8 cm³/mol. The number of ether oxygens (including phenoxy) is 1. The van der Waals surface area contributed by atoms with Crippen molar-refractivity contribution in [3.05, 3.63) is 42.0 Å². The van der Waals surface area contributed by atoms with Gasteiger partial charge in [-0.05, 0) is 37.1 Å². The van der Waals surface area contributed by atoms with Gasteiger partial charge in [-0.3, -0.25) is 4.90 Å². The van der Waals surface area contributed by atoms with E-state index in [0.29, 0.717) is 12.1 Å². The van der Waals surface area contributed by atoms with Gasteiger partial charge in [-0.25, -0.2) is 0 Å². The number of hydrogen-bond donors (Lipinski definition) is 1. The highest BCUT2D eigenvalue weighted by molar-refractivity contribution is 5.49. The molecule has 2 unspecified atom stereocenters. The summed E-state index contributed by atoms with van der Waals surface area (Å²) in [6, 6.07) is 8.70. The van der Waals surface area contributed by atoms with Crippen LogP contribution < -0.4 is 0 Å². The minimum Gasteiger partial charge on any atom is -0.385 e. The second-order valence-corrected chi connectivity index (χ2v) is 5.78. The van der Waals surface area contributed by atoms with E-state index in [2.05, 4.69) is 24.6 Å². The molecule has 19 heavy (non-hydrogen) atoms. The lowest BCUT2D eigenvalue weighted by Crippen LogP contribution is -2.59. The van der Waals surface area contributed by atoms with Crippen LogP contribution in [-0.2, 0) is 10.3 Å². The fourth-order valence-electron chi connectivity index (χ4n) is 3.33. The van der Waals surface area contributed by atoms with Crippen LogP contribution in [0.5, 0.6) is 0 Å². The third kappa shape index (κ3) is 2.22. The van der Waals surface area contributed by atoms with Crippen LogP contribution in [0.4, 0.5) is 0 Å². The Morgan fingerprint density at radius 2 is 2.05 bits per heavy atom. The number of benzene rings is 1. The zero-order chi connectivity index (χ0) is 13.5. The fourth-order valence-corrected chi connectivity index (χ4v) is 3.33. The lowest BCUT2D eigenvalue weighted by Gasteiger charge is -2.50. The number of aliphatic hydroxyl groups is 1. The summed E-state index contributed by atoms with van der Waals surface area (Å²) in [4.78, 5) is 2.36. The third-order valence-electron chi connectivity index (χ3n) is 4.58. The molecule has 2 aliphatic heterocycles. The minimum atomic E-state index is -0.732. The van der Waals surface area contributed by atoms with Crippen LogP contribution in [0.1, 0.15) is 24.0 Å². The van der Waals surface area contributed by atoms with Gasteiger partial charge in [0.15, 0.2) is 0 Å². The molecule has 1 N–H and O–H groups in total. The van der Waals surface area contributed by atoms with Crippen molar-refractivity contribution in [2.75, 3.05) is 20.3 Å². The molecule has 3 heteroatoms. The maximum atomic E-state index is 11.1. The van der Waals surface area contributed by atoms with Crippen molar-refractivity contribution in [2.24, 2.45) is 0 Å². The summed E-state index contributed by atoms with van der Waals surface area (Å²) in [6.07, 6.45) is 3.30. The van der Waals surface area contributed by atoms with E-state index in [-0.39, 0.29) is 0 Å². The summed E-state index contributed by atoms with van der Waals surface area (Å²) in [5.41, 5.74) is 1.34. The van der Waals surface area contributed by atoms with Gasteiger partial charge in [-0.2, -0.15) is 0 Å². The van der Waals surface area contributed by atoms with Crippen LogP contribution >= 0.6 is 0 Å². The number of nitrogens with zero attached hydrogens (tertiary/aromatic N) is 1. The summed E-state index contributed by atoms with van der Waals surface area (Å²) < 4.78 is 5.61. The van der Waals surface area contributed by atoms with E-state index < -0.39 is 5.60 Å². The largest absolute Gasteiger partial charge is 0.385 e. The lowest BCUT2D eigenvalue weighted by molar-refractivity contribution is -0.137. The van der Waals surface area contributed by atoms with E-state index in [1.54, 1.807) is 0 Å². The van der Waals surface area contributed by atoms with Crippen molar-refractivity contribution in [3.8, 4) is 0 Å². The summed E-state index contributed by atoms with van der Waals surface area (Å²) in [5.74, 6) is 0. The number of rotatable bonds is 2. The van der Waals surface area contributed by atoms with Gasteiger partial charge in [0.1, 0.15) is 0 Å². The molecule has 0 radical (unpaired) electrons. The van der Waals surface area contributed by atoms with Crippen molar-refractivity contribution in [1.82, 2.24) is 4.90 Å². The summed E-state index contributed by atoms with van der Waals surface area (Å²) in [7, 11) is 2.14. The Labute approximate surface area is 114 Å². The molecule has 2 aliphatic rings. The SMILES string of the molecule is C=Cc1cccc(C2(O)CC3COCC(C2)N3C)c1. The van der Waals surface area contributed by atoms with Gasteiger partial charge < -0.3 is 9.84 Å². The maximum absolute atomic E-state index is 11.1. The number of likely N-dealkylation sites (N-methyl/N-ethyl adjacent to an activating group) is 1. The van der Waals surface area contributed by atoms with Crippen molar-refractivity contribution in [1.29, 1.82) is 0 Å². The Hall–Kier alpha value is -1.16. The first-order valence-electron chi connectivity index (χ1n) is 6.87. The predicted octanol–water partition coefficient (Wildman–Crippen LogP) is 2.01. The molecule has 0 aliphatic carbocycles. The standard InChI is InChI=1S/C16H21NO2/c1-3-12-5-4-6-13(7-12)16(18)8-14-10-19-11-15(9-16)17(14)2/h3-7,14-15,18H,1,8-11H2,2H3. The van der Waals surface area contributed by atoms with E-state index in [9.17, 15) is 5.11 Å². The topological polar surface area (TPSA) is 32.7 Å². The molecule has 0 aromatic heterocycles. The van der Waals surface area contributed by atoms with Crippen LogP contribution in [0.15, 0.2) is 30.8 Å². The summed E-state index contributed by atoms with van der Waals surface area (Å²) >= 11 is 0. The second kappa shape index (κ2) is 4.75. The van der Waals surface area contributed by atoms with Crippen molar-refractivity contribution < 1.29 is 9.84 Å². The van der Waals surface area contributed by atoms with Gasteiger partial charge in [0.25, 0.3) is 0 Å². The second-order valence-electron chi connectivity index (χ2n) is 5.78. The molecule has 3 rings (SSSR count). The normalized spacial score (nSPS) is 35.1. The molecule has 3 nitrogen and oxygen atoms in total. The van der Waals surface area contributed by atoms with Gasteiger partial charge in [-0.15, -0.1) is 0 Å². The van der Waals surface area contributed by atoms with Crippen LogP contribution in [0.2, 0.25) is 0 Å². The monoisotopic (exact) mass is 259 g/mol. The zero-order valence-electron chi connectivity index (χ0n) is 11.4. The smallest absolute Gasteiger partial charge is 0.0928 e. The Balaban J connectivity index is 1.92. The van der Waals surface area contributed by atoms with E-state index in [0.717, 1.165) is 37.2 Å². The van der Waals surface area contributed by atoms with Crippen molar-refractivity contribution in [3.63, 3.8) is 0 Å². The van der Waals surface area contributed by atoms with E-state index >= 15 is 0 Å². The molecule has 102 valence electrons. The van der Waals surface area contributed by atoms with E-state index in [4.69, 9.17) is 4.74 Å². The molecule has 0 spiro atoms. The summed E-state index contributed by atoms with van der Waals surface area (Å²) in [6.45, 7) is 5.24. The van der Waals surface area contributed by atoms with E-state index in [1.165, 1.54) is 0 Å². The van der Waals surface area contributed by atoms with E-state index in [1.807, 2.05) is 24.3 Å². The minimum absolute atomic E-state index is 0.310. The summed E-state index contributed by atoms with van der Waals surface area (Å²) in [5, 5.41) is 11.1. The average Bonchev–Trinajstić information content (AvgIpc) is 2.41. The molecule has 2 bridgehead atoms. The number of morpholine rings is 1. The Morgan fingerprint density at radius 3 is 2.68 bits per heavy atom. The molecular formula is C16H21NO2. The lowest BCUT2D eigenvalue weighted by atomic mass is 9.77. The highest BCUT2D eigenvalue weighted by atomic mass is 16.5. The molecule has 2 atom stereocenters. The quantitative estimate of drug-likeness (QED) is 0.882. The molecule has 1 aromatic carbocycles. The van der Waals surface area contributed by atoms with Crippen molar-refractivity contribution in [2.45, 2.75) is 30.5 Å². The Kier molecular flexibility index (Phi) is 3.21. The fraction of sp³-hybridized carbons (Fsp3) is 0.500. The van der Waals surface area contributed by atoms with Gasteiger partial charge >= 0.3 is 0 Å². The van der Waals surface area contributed by atoms with Crippen molar-refractivity contribution >= 4 is 6.08 Å². The molecule has 1 aromatic rings. The first-order valence-corrected chi connectivity index (χ1v) is 6.87. The van der Waals surface area contributed by atoms with Crippen LogP contribution in [0, 0.1) is 0 Å². The Bertz CT molecular complexity index is 471. The molecular weight excluding hydrogens is 238 g/mol. The van der Waals surface area contributed by atoms with Gasteiger partial charge in [0.05, 0.1) is 18.8 Å². The molecule has 2 saturated heterocycles. The van der Waals surface area contributed by atoms with Crippen LogP contribution in [-0.4, -0.2) is 42.4 Å². The van der Waals surface area contributed by atoms with Crippen LogP contribution in [0.3, 0.4) is 0 Å². The maximum Gasteiger partial charge on any atom is 0.0928 e. The van der Waals surface area contributed by atoms with Gasteiger partial charge in [0.2, 0.25) is 0 Å². The number of piperidine rings is 1.